The fourth-order valence-corrected chi connectivity index (χ4v) is 4.79. The third-order valence-electron chi connectivity index (χ3n) is 6.76. The quantitative estimate of drug-likeness (QED) is 0.529. The molecule has 1 unspecified atom stereocenters. The maximum absolute atomic E-state index is 12.4. The molecule has 8 nitrogen and oxygen atoms in total. The lowest BCUT2D eigenvalue weighted by Crippen LogP contribution is -2.56. The number of fused-ring (bicyclic) bond motifs is 3. The topological polar surface area (TPSA) is 105 Å². The number of nitrogens with zero attached hydrogens (tertiary/aromatic N) is 1. The number of carboxylic acid groups (broad SMARTS) is 1. The predicted molar refractivity (Wildman–Crippen MR) is 130 cm³/mol. The minimum Gasteiger partial charge on any atom is -0.479 e. The molecule has 0 saturated carbocycles. The summed E-state index contributed by atoms with van der Waals surface area (Å²) in [6.45, 7) is 2.93. The zero-order chi connectivity index (χ0) is 24.8. The summed E-state index contributed by atoms with van der Waals surface area (Å²) in [6.07, 6.45) is 2.08. The number of benzene rings is 2. The van der Waals surface area contributed by atoms with Gasteiger partial charge in [0.2, 0.25) is 5.91 Å². The molecule has 2 N–H and O–H groups in total. The number of morpholine rings is 1. The number of carbonyl (C=O) groups is 3. The van der Waals surface area contributed by atoms with Crippen LogP contribution in [0.1, 0.15) is 49.7 Å². The van der Waals surface area contributed by atoms with Gasteiger partial charge in [-0.05, 0) is 42.0 Å². The smallest absolute Gasteiger partial charge is 0.407 e. The van der Waals surface area contributed by atoms with Crippen molar-refractivity contribution in [2.75, 3.05) is 32.8 Å². The summed E-state index contributed by atoms with van der Waals surface area (Å²) >= 11 is 0. The first-order valence-corrected chi connectivity index (χ1v) is 12.1. The van der Waals surface area contributed by atoms with Gasteiger partial charge in [0.15, 0.2) is 5.60 Å². The molecule has 2 aromatic rings. The van der Waals surface area contributed by atoms with Gasteiger partial charge < -0.3 is 24.8 Å². The van der Waals surface area contributed by atoms with Crippen molar-refractivity contribution < 1.29 is 29.0 Å². The van der Waals surface area contributed by atoms with Crippen molar-refractivity contribution in [2.24, 2.45) is 0 Å². The highest BCUT2D eigenvalue weighted by molar-refractivity contribution is 5.81. The number of alkyl carbamates (subject to hydrolysis) is 1. The van der Waals surface area contributed by atoms with Crippen molar-refractivity contribution in [2.45, 2.75) is 44.1 Å². The minimum atomic E-state index is -1.35. The minimum absolute atomic E-state index is 0.0299. The number of nitrogens with one attached hydrogen (secondary N) is 1. The summed E-state index contributed by atoms with van der Waals surface area (Å²) in [6, 6.07) is 16.4. The maximum Gasteiger partial charge on any atom is 0.407 e. The summed E-state index contributed by atoms with van der Waals surface area (Å²) in [5.74, 6) is -1.10. The van der Waals surface area contributed by atoms with Crippen LogP contribution < -0.4 is 5.32 Å². The molecule has 186 valence electrons. The maximum atomic E-state index is 12.4. The third-order valence-corrected chi connectivity index (χ3v) is 6.76. The van der Waals surface area contributed by atoms with Gasteiger partial charge >= 0.3 is 12.1 Å². The molecule has 0 radical (unpaired) electrons. The van der Waals surface area contributed by atoms with Gasteiger partial charge in [-0.3, -0.25) is 4.79 Å². The van der Waals surface area contributed by atoms with E-state index in [1.807, 2.05) is 24.3 Å². The van der Waals surface area contributed by atoms with Crippen LogP contribution in [0.15, 0.2) is 48.5 Å². The molecule has 0 bridgehead atoms. The van der Waals surface area contributed by atoms with E-state index in [1.165, 1.54) is 29.2 Å². The summed E-state index contributed by atoms with van der Waals surface area (Å²) < 4.78 is 10.9. The fraction of sp³-hybridized carbons (Fsp3) is 0.444. The molecule has 1 fully saturated rings. The molecule has 1 saturated heterocycles. The van der Waals surface area contributed by atoms with Crippen LogP contribution in [0.4, 0.5) is 4.79 Å². The van der Waals surface area contributed by atoms with Crippen LogP contribution in [0.25, 0.3) is 11.1 Å². The highest BCUT2D eigenvalue weighted by atomic mass is 16.5. The number of ether oxygens (including phenoxy) is 2. The van der Waals surface area contributed by atoms with Gasteiger partial charge in [-0.1, -0.05) is 55.0 Å². The molecule has 8 heteroatoms. The van der Waals surface area contributed by atoms with E-state index in [2.05, 4.69) is 29.6 Å². The SMILES string of the molecule is CC1(C(=O)O)CN(C(=O)CCCCCNC(=O)OCC2c3ccccc3-c3ccccc32)CCO1. The molecule has 35 heavy (non-hydrogen) atoms. The van der Waals surface area contributed by atoms with Crippen LogP contribution in [0.5, 0.6) is 0 Å². The Balaban J connectivity index is 1.14. The molecule has 1 aliphatic carbocycles. The largest absolute Gasteiger partial charge is 0.479 e. The second-order valence-electron chi connectivity index (χ2n) is 9.26. The van der Waals surface area contributed by atoms with Crippen molar-refractivity contribution in [3.8, 4) is 11.1 Å². The zero-order valence-corrected chi connectivity index (χ0v) is 20.0. The molecule has 1 atom stereocenters. The molecule has 0 spiro atoms. The molecule has 0 aromatic heterocycles. The van der Waals surface area contributed by atoms with Crippen LogP contribution in [0.2, 0.25) is 0 Å². The van der Waals surface area contributed by atoms with Gasteiger partial charge in [0, 0.05) is 25.4 Å². The van der Waals surface area contributed by atoms with Gasteiger partial charge in [0.05, 0.1) is 13.2 Å². The molecule has 2 aromatic carbocycles. The molecule has 4 rings (SSSR count). The van der Waals surface area contributed by atoms with Crippen molar-refractivity contribution in [3.05, 3.63) is 59.7 Å². The number of rotatable bonds is 9. The predicted octanol–water partition coefficient (Wildman–Crippen LogP) is 3.79. The molecule has 2 aliphatic rings. The molecular weight excluding hydrogens is 448 g/mol. The number of hydrogen-bond acceptors (Lipinski definition) is 5. The van der Waals surface area contributed by atoms with E-state index in [4.69, 9.17) is 9.47 Å². The van der Waals surface area contributed by atoms with Crippen LogP contribution in [-0.2, 0) is 19.1 Å². The summed E-state index contributed by atoms with van der Waals surface area (Å²) in [7, 11) is 0. The Morgan fingerprint density at radius 2 is 1.71 bits per heavy atom. The number of carbonyl (C=O) groups excluding carboxylic acids is 2. The normalized spacial score (nSPS) is 19.1. The molecule has 1 aliphatic heterocycles. The number of aliphatic carboxylic acids is 1. The van der Waals surface area contributed by atoms with E-state index in [0.717, 1.165) is 12.8 Å². The Hall–Kier alpha value is -3.39. The Labute approximate surface area is 205 Å². The zero-order valence-electron chi connectivity index (χ0n) is 20.0. The Bertz CT molecular complexity index is 1040. The first kappa shape index (κ1) is 24.7. The van der Waals surface area contributed by atoms with E-state index in [-0.39, 0.29) is 31.6 Å². The summed E-state index contributed by atoms with van der Waals surface area (Å²) in [5, 5.41) is 12.1. The molecule has 1 heterocycles. The van der Waals surface area contributed by atoms with Gasteiger partial charge in [-0.2, -0.15) is 0 Å². The standard InChI is InChI=1S/C27H32N2O6/c1-27(25(31)32)18-29(15-16-35-27)24(30)13-3-2-8-14-28-26(33)34-17-23-21-11-6-4-9-19(21)20-10-5-7-12-22(20)23/h4-7,9-12,23H,2-3,8,13-18H2,1H3,(H,28,33)(H,31,32). The summed E-state index contributed by atoms with van der Waals surface area (Å²) in [5.41, 5.74) is 3.39. The lowest BCUT2D eigenvalue weighted by Gasteiger charge is -2.37. The third kappa shape index (κ3) is 5.65. The number of unbranched alkanes of at least 4 members (excludes halogenated alkanes) is 2. The number of amides is 2. The Morgan fingerprint density at radius 3 is 2.37 bits per heavy atom. The average molecular weight is 481 g/mol. The number of carboxylic acids is 1. The lowest BCUT2D eigenvalue weighted by atomic mass is 9.98. The van der Waals surface area contributed by atoms with E-state index in [0.29, 0.717) is 25.9 Å². The van der Waals surface area contributed by atoms with Crippen molar-refractivity contribution in [1.82, 2.24) is 10.2 Å². The van der Waals surface area contributed by atoms with Crippen LogP contribution >= 0.6 is 0 Å². The first-order chi connectivity index (χ1) is 16.9. The number of hydrogen-bond donors (Lipinski definition) is 2. The second kappa shape index (κ2) is 10.9. The highest BCUT2D eigenvalue weighted by Crippen LogP contribution is 2.44. The van der Waals surface area contributed by atoms with E-state index < -0.39 is 17.7 Å². The van der Waals surface area contributed by atoms with E-state index >= 15 is 0 Å². The van der Waals surface area contributed by atoms with Crippen molar-refractivity contribution in [3.63, 3.8) is 0 Å². The van der Waals surface area contributed by atoms with Crippen molar-refractivity contribution >= 4 is 18.0 Å². The van der Waals surface area contributed by atoms with Crippen LogP contribution in [0, 0.1) is 0 Å². The molecule has 2 amide bonds. The Morgan fingerprint density at radius 1 is 1.06 bits per heavy atom. The lowest BCUT2D eigenvalue weighted by molar-refractivity contribution is -0.177. The highest BCUT2D eigenvalue weighted by Gasteiger charge is 2.40. The first-order valence-electron chi connectivity index (χ1n) is 12.1. The van der Waals surface area contributed by atoms with Gasteiger partial charge in [-0.15, -0.1) is 0 Å². The van der Waals surface area contributed by atoms with E-state index in [1.54, 1.807) is 4.90 Å². The fourth-order valence-electron chi connectivity index (χ4n) is 4.79. The van der Waals surface area contributed by atoms with Gasteiger partial charge in [0.25, 0.3) is 0 Å². The van der Waals surface area contributed by atoms with Crippen LogP contribution in [-0.4, -0.2) is 66.4 Å². The van der Waals surface area contributed by atoms with Gasteiger partial charge in [0.1, 0.15) is 6.61 Å². The van der Waals surface area contributed by atoms with E-state index in [9.17, 15) is 19.5 Å². The molecular formula is C27H32N2O6. The monoisotopic (exact) mass is 480 g/mol. The van der Waals surface area contributed by atoms with Crippen molar-refractivity contribution in [1.29, 1.82) is 0 Å². The summed E-state index contributed by atoms with van der Waals surface area (Å²) in [4.78, 5) is 37.6. The van der Waals surface area contributed by atoms with Gasteiger partial charge in [-0.25, -0.2) is 9.59 Å². The van der Waals surface area contributed by atoms with Crippen LogP contribution in [0.3, 0.4) is 0 Å². The second-order valence-corrected chi connectivity index (χ2v) is 9.26. The average Bonchev–Trinajstić information content (AvgIpc) is 3.18. The Kier molecular flexibility index (Phi) is 7.70.